The third-order valence-corrected chi connectivity index (χ3v) is 5.90. The highest BCUT2D eigenvalue weighted by atomic mass is 32.2. The number of rotatable bonds is 7. The van der Waals surface area contributed by atoms with Gasteiger partial charge >= 0.3 is 0 Å². The van der Waals surface area contributed by atoms with E-state index in [1.807, 2.05) is 36.4 Å². The Kier molecular flexibility index (Phi) is 7.05. The summed E-state index contributed by atoms with van der Waals surface area (Å²) in [5.41, 5.74) is 7.23. The first-order chi connectivity index (χ1) is 15.9. The number of nitrogens with zero attached hydrogens (tertiary/aromatic N) is 2. The molecule has 0 aliphatic rings. The lowest BCUT2D eigenvalue weighted by molar-refractivity contribution is -0.114. The summed E-state index contributed by atoms with van der Waals surface area (Å²) in [7, 11) is 0. The Morgan fingerprint density at radius 3 is 2.27 bits per heavy atom. The molecule has 0 spiro atoms. The molecular weight excluding hydrogens is 428 g/mol. The van der Waals surface area contributed by atoms with Gasteiger partial charge in [0.15, 0.2) is 5.16 Å². The highest BCUT2D eigenvalue weighted by Gasteiger charge is 2.09. The predicted octanol–water partition coefficient (Wildman–Crippen LogP) is 6.75. The Hall–Kier alpha value is -3.64. The minimum Gasteiger partial charge on any atom is -0.340 e. The van der Waals surface area contributed by atoms with Crippen LogP contribution in [0.15, 0.2) is 84.0 Å². The van der Waals surface area contributed by atoms with Crippen LogP contribution in [0, 0.1) is 13.8 Å². The molecule has 5 nitrogen and oxygen atoms in total. The topological polar surface area (TPSA) is 66.9 Å². The second-order valence-corrected chi connectivity index (χ2v) is 8.89. The first kappa shape index (κ1) is 22.6. The van der Waals surface area contributed by atoms with Crippen LogP contribution in [0.2, 0.25) is 0 Å². The maximum Gasteiger partial charge on any atom is 0.221 e. The second kappa shape index (κ2) is 10.3. The van der Waals surface area contributed by atoms with Crippen molar-refractivity contribution in [1.29, 1.82) is 0 Å². The molecule has 0 unspecified atom stereocenters. The number of hydrogen-bond donors (Lipinski definition) is 2. The molecule has 6 heteroatoms. The molecule has 0 fully saturated rings. The van der Waals surface area contributed by atoms with Crippen LogP contribution in [0.25, 0.3) is 11.3 Å². The minimum atomic E-state index is -0.0930. The van der Waals surface area contributed by atoms with Gasteiger partial charge in [0.1, 0.15) is 5.82 Å². The Morgan fingerprint density at radius 1 is 0.848 bits per heavy atom. The maximum absolute atomic E-state index is 11.3. The Balaban J connectivity index is 1.60. The highest BCUT2D eigenvalue weighted by molar-refractivity contribution is 7.98. The lowest BCUT2D eigenvalue weighted by Crippen LogP contribution is -2.05. The van der Waals surface area contributed by atoms with Crippen molar-refractivity contribution in [3.63, 3.8) is 0 Å². The summed E-state index contributed by atoms with van der Waals surface area (Å²) in [6.45, 7) is 5.66. The van der Waals surface area contributed by atoms with Crippen LogP contribution >= 0.6 is 11.8 Å². The zero-order chi connectivity index (χ0) is 23.2. The summed E-state index contributed by atoms with van der Waals surface area (Å²) in [5, 5.41) is 6.87. The average Bonchev–Trinajstić information content (AvgIpc) is 2.80. The smallest absolute Gasteiger partial charge is 0.221 e. The van der Waals surface area contributed by atoms with Crippen molar-refractivity contribution >= 4 is 34.9 Å². The van der Waals surface area contributed by atoms with Gasteiger partial charge in [-0.15, -0.1) is 0 Å². The van der Waals surface area contributed by atoms with Crippen LogP contribution in [-0.4, -0.2) is 15.9 Å². The second-order valence-electron chi connectivity index (χ2n) is 7.95. The molecule has 1 heterocycles. The van der Waals surface area contributed by atoms with Gasteiger partial charge in [0.25, 0.3) is 0 Å². The van der Waals surface area contributed by atoms with Gasteiger partial charge in [-0.3, -0.25) is 4.79 Å². The van der Waals surface area contributed by atoms with Crippen molar-refractivity contribution in [2.75, 3.05) is 10.6 Å². The monoisotopic (exact) mass is 454 g/mol. The quantitative estimate of drug-likeness (QED) is 0.239. The average molecular weight is 455 g/mol. The van der Waals surface area contributed by atoms with E-state index in [0.717, 1.165) is 34.2 Å². The zero-order valence-corrected chi connectivity index (χ0v) is 19.7. The molecule has 0 saturated carbocycles. The van der Waals surface area contributed by atoms with Crippen LogP contribution in [-0.2, 0) is 10.5 Å². The molecule has 4 rings (SSSR count). The Morgan fingerprint density at radius 2 is 1.58 bits per heavy atom. The Bertz CT molecular complexity index is 1250. The standard InChI is InChI=1S/C27H26N4OS/c1-18-7-9-21(10-8-18)17-33-27-30-25(22-6-4-5-19(2)15-22)16-26(31-27)29-24-13-11-23(12-14-24)28-20(3)32/h4-16H,17H2,1-3H3,(H,28,32)(H,29,30,31). The van der Waals surface area contributed by atoms with Crippen LogP contribution < -0.4 is 10.6 Å². The summed E-state index contributed by atoms with van der Waals surface area (Å²) in [6, 6.07) is 26.4. The molecule has 166 valence electrons. The van der Waals surface area contributed by atoms with E-state index in [1.165, 1.54) is 23.6 Å². The molecule has 0 saturated heterocycles. The molecule has 1 aromatic heterocycles. The molecule has 3 aromatic carbocycles. The predicted molar refractivity (Wildman–Crippen MR) is 137 cm³/mol. The number of thioether (sulfide) groups is 1. The first-order valence-electron chi connectivity index (χ1n) is 10.7. The van der Waals surface area contributed by atoms with Gasteiger partial charge in [-0.05, 0) is 49.7 Å². The largest absolute Gasteiger partial charge is 0.340 e. The third-order valence-electron chi connectivity index (χ3n) is 4.99. The van der Waals surface area contributed by atoms with Crippen LogP contribution in [0.5, 0.6) is 0 Å². The van der Waals surface area contributed by atoms with Gasteiger partial charge in [0.05, 0.1) is 5.69 Å². The fourth-order valence-corrected chi connectivity index (χ4v) is 4.14. The molecule has 0 aliphatic carbocycles. The molecule has 33 heavy (non-hydrogen) atoms. The van der Waals surface area contributed by atoms with Gasteiger partial charge in [0.2, 0.25) is 5.91 Å². The first-order valence-corrected chi connectivity index (χ1v) is 11.7. The van der Waals surface area contributed by atoms with E-state index >= 15 is 0 Å². The number of aromatic nitrogens is 2. The van der Waals surface area contributed by atoms with Crippen molar-refractivity contribution in [3.05, 3.63) is 95.6 Å². The minimum absolute atomic E-state index is 0.0930. The maximum atomic E-state index is 11.3. The SMILES string of the molecule is CC(=O)Nc1ccc(Nc2cc(-c3cccc(C)c3)nc(SCc3ccc(C)cc3)n2)cc1. The van der Waals surface area contributed by atoms with Gasteiger partial charge < -0.3 is 10.6 Å². The molecule has 0 atom stereocenters. The van der Waals surface area contributed by atoms with E-state index in [4.69, 9.17) is 9.97 Å². The van der Waals surface area contributed by atoms with Crippen LogP contribution in [0.1, 0.15) is 23.6 Å². The number of anilines is 3. The number of hydrogen-bond acceptors (Lipinski definition) is 5. The Labute approximate surface area is 198 Å². The number of carbonyl (C=O) groups excluding carboxylic acids is 1. The van der Waals surface area contributed by atoms with E-state index in [0.29, 0.717) is 5.16 Å². The summed E-state index contributed by atoms with van der Waals surface area (Å²) in [5.74, 6) is 1.42. The van der Waals surface area contributed by atoms with Crippen LogP contribution in [0.4, 0.5) is 17.2 Å². The van der Waals surface area contributed by atoms with Crippen molar-refractivity contribution in [2.45, 2.75) is 31.7 Å². The molecule has 0 radical (unpaired) electrons. The van der Waals surface area contributed by atoms with Gasteiger partial charge in [-0.25, -0.2) is 9.97 Å². The zero-order valence-electron chi connectivity index (χ0n) is 18.9. The number of aryl methyl sites for hydroxylation is 2. The van der Waals surface area contributed by atoms with Crippen molar-refractivity contribution < 1.29 is 4.79 Å². The number of benzene rings is 3. The fraction of sp³-hybridized carbons (Fsp3) is 0.148. The molecular formula is C27H26N4OS. The molecule has 0 bridgehead atoms. The highest BCUT2D eigenvalue weighted by Crippen LogP contribution is 2.28. The fourth-order valence-electron chi connectivity index (χ4n) is 3.33. The van der Waals surface area contributed by atoms with Gasteiger partial charge in [-0.1, -0.05) is 65.4 Å². The summed E-state index contributed by atoms with van der Waals surface area (Å²) < 4.78 is 0. The van der Waals surface area contributed by atoms with Gasteiger partial charge in [0, 0.05) is 35.7 Å². The third kappa shape index (κ3) is 6.43. The van der Waals surface area contributed by atoms with E-state index in [2.05, 4.69) is 66.9 Å². The van der Waals surface area contributed by atoms with E-state index in [9.17, 15) is 4.79 Å². The number of carbonyl (C=O) groups is 1. The van der Waals surface area contributed by atoms with E-state index in [1.54, 1.807) is 11.8 Å². The van der Waals surface area contributed by atoms with E-state index < -0.39 is 0 Å². The summed E-state index contributed by atoms with van der Waals surface area (Å²) >= 11 is 1.62. The molecule has 2 N–H and O–H groups in total. The number of amides is 1. The lowest BCUT2D eigenvalue weighted by atomic mass is 10.1. The van der Waals surface area contributed by atoms with Crippen molar-refractivity contribution in [2.24, 2.45) is 0 Å². The van der Waals surface area contributed by atoms with Crippen molar-refractivity contribution in [1.82, 2.24) is 9.97 Å². The molecule has 0 aliphatic heterocycles. The lowest BCUT2D eigenvalue weighted by Gasteiger charge is -2.11. The van der Waals surface area contributed by atoms with Crippen molar-refractivity contribution in [3.8, 4) is 11.3 Å². The summed E-state index contributed by atoms with van der Waals surface area (Å²) in [4.78, 5) is 20.8. The molecule has 1 amide bonds. The number of nitrogens with one attached hydrogen (secondary N) is 2. The van der Waals surface area contributed by atoms with E-state index in [-0.39, 0.29) is 5.91 Å². The normalized spacial score (nSPS) is 10.6. The van der Waals surface area contributed by atoms with Crippen LogP contribution in [0.3, 0.4) is 0 Å². The molecule has 4 aromatic rings. The van der Waals surface area contributed by atoms with Gasteiger partial charge in [-0.2, -0.15) is 0 Å². The summed E-state index contributed by atoms with van der Waals surface area (Å²) in [6.07, 6.45) is 0.